The van der Waals surface area contributed by atoms with Crippen LogP contribution in [0.1, 0.15) is 206 Å². The first kappa shape index (κ1) is 56.7. The zero-order valence-electron chi connectivity index (χ0n) is 38.7. The number of ether oxygens (including phenoxy) is 4. The minimum Gasteiger partial charge on any atom is -0.462 e. The van der Waals surface area contributed by atoms with E-state index in [0.717, 1.165) is 44.9 Å². The molecule has 0 aliphatic carbocycles. The Morgan fingerprint density at radius 3 is 1.43 bits per heavy atom. The molecule has 1 fully saturated rings. The van der Waals surface area contributed by atoms with Crippen molar-refractivity contribution in [1.82, 2.24) is 0 Å². The molecule has 10 nitrogen and oxygen atoms in total. The van der Waals surface area contributed by atoms with Crippen LogP contribution in [0.5, 0.6) is 0 Å². The summed E-state index contributed by atoms with van der Waals surface area (Å²) < 4.78 is 22.2. The highest BCUT2D eigenvalue weighted by Crippen LogP contribution is 2.23. The Bertz CT molecular complexity index is 1130. The molecular weight excluding hydrogens is 773 g/mol. The van der Waals surface area contributed by atoms with E-state index in [-0.39, 0.29) is 26.1 Å². The molecule has 4 N–H and O–H groups in total. The first-order valence-corrected chi connectivity index (χ1v) is 24.7. The van der Waals surface area contributed by atoms with Crippen LogP contribution < -0.4 is 0 Å². The van der Waals surface area contributed by atoms with Gasteiger partial charge in [-0.25, -0.2) is 0 Å². The van der Waals surface area contributed by atoms with Crippen LogP contribution in [-0.4, -0.2) is 89.0 Å². The average Bonchev–Trinajstić information content (AvgIpc) is 3.26. The van der Waals surface area contributed by atoms with Crippen LogP contribution in [0.25, 0.3) is 0 Å². The minimum absolute atomic E-state index is 0.200. The summed E-state index contributed by atoms with van der Waals surface area (Å²) in [5.74, 6) is -0.867. The molecule has 1 aliphatic rings. The number of esters is 2. The second-order valence-corrected chi connectivity index (χ2v) is 16.9. The van der Waals surface area contributed by atoms with Crippen molar-refractivity contribution in [2.24, 2.45) is 0 Å². The van der Waals surface area contributed by atoms with Gasteiger partial charge >= 0.3 is 11.9 Å². The van der Waals surface area contributed by atoms with Gasteiger partial charge in [-0.05, 0) is 51.4 Å². The van der Waals surface area contributed by atoms with E-state index in [0.29, 0.717) is 12.8 Å². The summed E-state index contributed by atoms with van der Waals surface area (Å²) in [5.41, 5.74) is 0. The Labute approximate surface area is 371 Å². The van der Waals surface area contributed by atoms with Crippen molar-refractivity contribution < 1.29 is 49.0 Å². The Balaban J connectivity index is 2.32. The van der Waals surface area contributed by atoms with Crippen molar-refractivity contribution in [1.29, 1.82) is 0 Å². The number of carbonyl (C=O) groups is 2. The maximum Gasteiger partial charge on any atom is 0.306 e. The first-order chi connectivity index (χ1) is 29.8. The summed E-state index contributed by atoms with van der Waals surface area (Å²) in [7, 11) is 0. The topological polar surface area (TPSA) is 152 Å². The summed E-state index contributed by atoms with van der Waals surface area (Å²) >= 11 is 0. The number of allylic oxidation sites excluding steroid dienone is 8. The van der Waals surface area contributed by atoms with Gasteiger partial charge < -0.3 is 39.4 Å². The molecule has 354 valence electrons. The molecule has 0 saturated carbocycles. The van der Waals surface area contributed by atoms with E-state index in [1.54, 1.807) is 0 Å². The Morgan fingerprint density at radius 1 is 0.508 bits per heavy atom. The predicted octanol–water partition coefficient (Wildman–Crippen LogP) is 11.2. The average molecular weight is 863 g/mol. The lowest BCUT2D eigenvalue weighted by molar-refractivity contribution is -0.305. The van der Waals surface area contributed by atoms with Gasteiger partial charge in [0, 0.05) is 12.8 Å². The van der Waals surface area contributed by atoms with Crippen LogP contribution >= 0.6 is 0 Å². The summed E-state index contributed by atoms with van der Waals surface area (Å²) in [6, 6.07) is 0. The van der Waals surface area contributed by atoms with Gasteiger partial charge in [-0.1, -0.05) is 191 Å². The minimum atomic E-state index is -1.60. The summed E-state index contributed by atoms with van der Waals surface area (Å²) in [6.45, 7) is 3.38. The maximum atomic E-state index is 12.8. The lowest BCUT2D eigenvalue weighted by atomic mass is 9.99. The molecule has 1 rings (SSSR count). The van der Waals surface area contributed by atoms with Crippen molar-refractivity contribution in [3.63, 3.8) is 0 Å². The molecule has 2 unspecified atom stereocenters. The quantitative estimate of drug-likeness (QED) is 0.0265. The van der Waals surface area contributed by atoms with E-state index in [1.165, 1.54) is 122 Å². The van der Waals surface area contributed by atoms with Crippen LogP contribution in [0.2, 0.25) is 0 Å². The molecule has 0 aromatic heterocycles. The molecule has 6 atom stereocenters. The Hall–Kier alpha value is -2.34. The van der Waals surface area contributed by atoms with Gasteiger partial charge in [0.25, 0.3) is 0 Å². The van der Waals surface area contributed by atoms with Crippen molar-refractivity contribution in [3.8, 4) is 0 Å². The third kappa shape index (κ3) is 32.9. The zero-order chi connectivity index (χ0) is 44.4. The van der Waals surface area contributed by atoms with Crippen molar-refractivity contribution in [2.45, 2.75) is 243 Å². The lowest BCUT2D eigenvalue weighted by Crippen LogP contribution is -2.59. The van der Waals surface area contributed by atoms with E-state index in [1.807, 2.05) is 0 Å². The van der Waals surface area contributed by atoms with Gasteiger partial charge in [-0.3, -0.25) is 9.59 Å². The number of carbonyl (C=O) groups excluding carboxylic acids is 2. The lowest BCUT2D eigenvalue weighted by Gasteiger charge is -2.39. The third-order valence-electron chi connectivity index (χ3n) is 11.2. The normalized spacial score (nSPS) is 20.1. The highest BCUT2D eigenvalue weighted by molar-refractivity contribution is 5.70. The molecule has 1 heterocycles. The van der Waals surface area contributed by atoms with E-state index in [9.17, 15) is 30.0 Å². The molecule has 0 spiro atoms. The smallest absolute Gasteiger partial charge is 0.306 e. The van der Waals surface area contributed by atoms with Gasteiger partial charge in [0.15, 0.2) is 12.4 Å². The molecule has 1 saturated heterocycles. The van der Waals surface area contributed by atoms with Crippen LogP contribution in [-0.2, 0) is 28.5 Å². The highest BCUT2D eigenvalue weighted by atomic mass is 16.7. The van der Waals surface area contributed by atoms with E-state index < -0.39 is 55.4 Å². The number of rotatable bonds is 41. The molecule has 0 amide bonds. The fourth-order valence-corrected chi connectivity index (χ4v) is 7.30. The molecule has 0 aromatic carbocycles. The molecular formula is C51H90O10. The molecule has 0 radical (unpaired) electrons. The molecule has 61 heavy (non-hydrogen) atoms. The fourth-order valence-electron chi connectivity index (χ4n) is 7.30. The van der Waals surface area contributed by atoms with Crippen LogP contribution in [0, 0.1) is 0 Å². The summed E-state index contributed by atoms with van der Waals surface area (Å²) in [5, 5.41) is 40.1. The van der Waals surface area contributed by atoms with Gasteiger partial charge in [0.05, 0.1) is 13.2 Å². The van der Waals surface area contributed by atoms with Crippen molar-refractivity contribution in [2.75, 3.05) is 19.8 Å². The van der Waals surface area contributed by atoms with Crippen LogP contribution in [0.3, 0.4) is 0 Å². The fraction of sp³-hybridized carbons (Fsp3) is 0.804. The highest BCUT2D eigenvalue weighted by Gasteiger charge is 2.44. The Morgan fingerprint density at radius 2 is 0.934 bits per heavy atom. The number of hydrogen-bond acceptors (Lipinski definition) is 10. The summed E-state index contributed by atoms with van der Waals surface area (Å²) in [6.07, 6.45) is 42.7. The van der Waals surface area contributed by atoms with Crippen LogP contribution in [0.15, 0.2) is 48.6 Å². The molecule has 10 heteroatoms. The van der Waals surface area contributed by atoms with Crippen LogP contribution in [0.4, 0.5) is 0 Å². The molecule has 0 bridgehead atoms. The zero-order valence-corrected chi connectivity index (χ0v) is 38.7. The van der Waals surface area contributed by atoms with Gasteiger partial charge in [0.2, 0.25) is 0 Å². The SMILES string of the molecule is CCCCCCCCC/C=C/C/C=C/C/C=C/C/C=C/CCCC(=O)OC[C@@H](CO[C@H]1O[C@@H](CO)[C@@H](O)C(O)C1O)OC(=O)CCCCCCCCCCCCCCCCC. The Kier molecular flexibility index (Phi) is 38.7. The second kappa shape index (κ2) is 41.7. The van der Waals surface area contributed by atoms with Gasteiger partial charge in [0.1, 0.15) is 31.0 Å². The standard InChI is InChI=1S/C51H90O10/c1-3-5-7-9-11-13-15-17-19-20-21-22-23-24-26-27-29-31-33-35-37-39-46(53)58-42-44(43-59-51-50(57)49(56)48(55)45(41-52)61-51)60-47(54)40-38-36-34-32-30-28-25-18-16-14-12-10-8-6-4-2/h19-20,22-23,26-27,31,33,44-45,48-52,55-57H,3-18,21,24-25,28-30,32,34-43H2,1-2H3/b20-19+,23-22+,27-26+,33-31+/t44-,45-,48+,49?,50?,51-/m0/s1. The van der Waals surface area contributed by atoms with Crippen molar-refractivity contribution >= 4 is 11.9 Å². The first-order valence-electron chi connectivity index (χ1n) is 24.7. The van der Waals surface area contributed by atoms with Gasteiger partial charge in [-0.15, -0.1) is 0 Å². The van der Waals surface area contributed by atoms with E-state index >= 15 is 0 Å². The second-order valence-electron chi connectivity index (χ2n) is 16.9. The van der Waals surface area contributed by atoms with Gasteiger partial charge in [-0.2, -0.15) is 0 Å². The molecule has 1 aliphatic heterocycles. The monoisotopic (exact) mass is 863 g/mol. The van der Waals surface area contributed by atoms with Crippen molar-refractivity contribution in [3.05, 3.63) is 48.6 Å². The number of aliphatic hydroxyl groups excluding tert-OH is 4. The van der Waals surface area contributed by atoms with E-state index in [2.05, 4.69) is 62.5 Å². The molecule has 0 aromatic rings. The number of aliphatic hydroxyl groups is 4. The largest absolute Gasteiger partial charge is 0.462 e. The third-order valence-corrected chi connectivity index (χ3v) is 11.2. The maximum absolute atomic E-state index is 12.8. The number of unbranched alkanes of at least 4 members (excludes halogenated alkanes) is 22. The van der Waals surface area contributed by atoms with E-state index in [4.69, 9.17) is 18.9 Å². The predicted molar refractivity (Wildman–Crippen MR) is 247 cm³/mol. The number of hydrogen-bond donors (Lipinski definition) is 4. The summed E-state index contributed by atoms with van der Waals surface area (Å²) in [4.78, 5) is 25.4.